The zero-order chi connectivity index (χ0) is 20.4. The number of hydrogen-bond donors (Lipinski definition) is 2. The molecule has 29 heavy (non-hydrogen) atoms. The Morgan fingerprint density at radius 2 is 2.07 bits per heavy atom. The number of halogens is 1. The molecule has 7 nitrogen and oxygen atoms in total. The van der Waals surface area contributed by atoms with Crippen molar-refractivity contribution < 1.29 is 9.18 Å². The average molecular weight is 429 g/mol. The number of nitrogens with one attached hydrogen (secondary N) is 1. The van der Waals surface area contributed by atoms with Gasteiger partial charge in [0, 0.05) is 23.8 Å². The summed E-state index contributed by atoms with van der Waals surface area (Å²) in [5.41, 5.74) is 7.49. The van der Waals surface area contributed by atoms with Gasteiger partial charge in [0.05, 0.1) is 16.3 Å². The van der Waals surface area contributed by atoms with E-state index in [1.54, 1.807) is 6.20 Å². The molecule has 0 aliphatic carbocycles. The minimum absolute atomic E-state index is 0.152. The van der Waals surface area contributed by atoms with Gasteiger partial charge in [-0.1, -0.05) is 11.8 Å². The quantitative estimate of drug-likeness (QED) is 0.450. The molecule has 3 heterocycles. The lowest BCUT2D eigenvalue weighted by Gasteiger charge is -2.07. The van der Waals surface area contributed by atoms with Crippen LogP contribution in [0.25, 0.3) is 20.9 Å². The van der Waals surface area contributed by atoms with E-state index < -0.39 is 0 Å². The number of nitrogen functional groups attached to an aromatic ring is 1. The predicted molar refractivity (Wildman–Crippen MR) is 114 cm³/mol. The zero-order valence-corrected chi connectivity index (χ0v) is 17.1. The SMILES string of the molecule is CCn1c(SCC(=O)Nc2ccc(F)cc2)nnc1-c1sc2ncccc2c1N. The van der Waals surface area contributed by atoms with Gasteiger partial charge in [0.25, 0.3) is 0 Å². The Kier molecular flexibility index (Phi) is 5.45. The van der Waals surface area contributed by atoms with Crippen molar-refractivity contribution in [2.24, 2.45) is 0 Å². The number of anilines is 2. The number of carbonyl (C=O) groups excluding carboxylic acids is 1. The van der Waals surface area contributed by atoms with Crippen molar-refractivity contribution in [2.75, 3.05) is 16.8 Å². The molecule has 0 aliphatic heterocycles. The molecule has 10 heteroatoms. The van der Waals surface area contributed by atoms with Crippen molar-refractivity contribution in [1.82, 2.24) is 19.7 Å². The van der Waals surface area contributed by atoms with Crippen LogP contribution < -0.4 is 11.1 Å². The summed E-state index contributed by atoms with van der Waals surface area (Å²) in [4.78, 5) is 18.2. The first-order valence-electron chi connectivity index (χ1n) is 8.81. The normalized spacial score (nSPS) is 11.1. The molecule has 1 aromatic carbocycles. The lowest BCUT2D eigenvalue weighted by molar-refractivity contribution is -0.113. The summed E-state index contributed by atoms with van der Waals surface area (Å²) >= 11 is 2.75. The molecule has 3 N–H and O–H groups in total. The van der Waals surface area contributed by atoms with Crippen molar-refractivity contribution in [3.63, 3.8) is 0 Å². The van der Waals surface area contributed by atoms with Gasteiger partial charge >= 0.3 is 0 Å². The van der Waals surface area contributed by atoms with Crippen LogP contribution in [-0.2, 0) is 11.3 Å². The Bertz CT molecular complexity index is 1170. The number of nitrogens with two attached hydrogens (primary N) is 1. The Labute approximate surface area is 174 Å². The van der Waals surface area contributed by atoms with Gasteiger partial charge in [0.1, 0.15) is 10.6 Å². The zero-order valence-electron chi connectivity index (χ0n) is 15.4. The molecule has 148 valence electrons. The highest BCUT2D eigenvalue weighted by atomic mass is 32.2. The van der Waals surface area contributed by atoms with Crippen LogP contribution in [0, 0.1) is 5.82 Å². The number of amides is 1. The van der Waals surface area contributed by atoms with E-state index in [-0.39, 0.29) is 17.5 Å². The second-order valence-electron chi connectivity index (χ2n) is 6.10. The van der Waals surface area contributed by atoms with E-state index in [0.717, 1.165) is 15.1 Å². The number of nitrogens with zero attached hydrogens (tertiary/aromatic N) is 4. The van der Waals surface area contributed by atoms with Crippen LogP contribution >= 0.6 is 23.1 Å². The van der Waals surface area contributed by atoms with Crippen molar-refractivity contribution >= 4 is 50.6 Å². The molecule has 0 bridgehead atoms. The van der Waals surface area contributed by atoms with Crippen molar-refractivity contribution in [3.05, 3.63) is 48.4 Å². The number of pyridine rings is 1. The summed E-state index contributed by atoms with van der Waals surface area (Å²) < 4.78 is 14.9. The smallest absolute Gasteiger partial charge is 0.234 e. The number of benzene rings is 1. The molecular weight excluding hydrogens is 411 g/mol. The molecule has 0 fully saturated rings. The summed E-state index contributed by atoms with van der Waals surface area (Å²) in [6.07, 6.45) is 1.73. The first-order chi connectivity index (χ1) is 14.1. The number of thiophene rings is 1. The molecule has 0 saturated carbocycles. The average Bonchev–Trinajstić information content (AvgIpc) is 3.29. The molecule has 1 amide bonds. The van der Waals surface area contributed by atoms with Crippen LogP contribution in [0.1, 0.15) is 6.92 Å². The number of thioether (sulfide) groups is 1. The van der Waals surface area contributed by atoms with Crippen molar-refractivity contribution in [1.29, 1.82) is 0 Å². The third kappa shape index (κ3) is 3.94. The first kappa shape index (κ1) is 19.3. The van der Waals surface area contributed by atoms with E-state index >= 15 is 0 Å². The summed E-state index contributed by atoms with van der Waals surface area (Å²) in [5, 5.41) is 12.8. The second-order valence-corrected chi connectivity index (χ2v) is 8.04. The van der Waals surface area contributed by atoms with Crippen LogP contribution in [0.4, 0.5) is 15.8 Å². The molecule has 0 radical (unpaired) electrons. The van der Waals surface area contributed by atoms with Gasteiger partial charge in [0.15, 0.2) is 11.0 Å². The highest BCUT2D eigenvalue weighted by Gasteiger charge is 2.20. The van der Waals surface area contributed by atoms with E-state index in [1.165, 1.54) is 47.4 Å². The molecule has 3 aromatic heterocycles. The Morgan fingerprint density at radius 3 is 2.79 bits per heavy atom. The summed E-state index contributed by atoms with van der Waals surface area (Å²) in [6.45, 7) is 2.61. The summed E-state index contributed by atoms with van der Waals surface area (Å²) in [5.74, 6) is 0.254. The largest absolute Gasteiger partial charge is 0.397 e. The number of rotatable bonds is 6. The van der Waals surface area contributed by atoms with E-state index in [9.17, 15) is 9.18 Å². The maximum absolute atomic E-state index is 13.0. The number of aromatic nitrogens is 4. The molecule has 0 spiro atoms. The van der Waals surface area contributed by atoms with Gasteiger partial charge in [-0.15, -0.1) is 21.5 Å². The van der Waals surface area contributed by atoms with Crippen LogP contribution in [0.5, 0.6) is 0 Å². The molecule has 0 aliphatic rings. The lowest BCUT2D eigenvalue weighted by atomic mass is 10.2. The molecular formula is C19H17FN6OS2. The molecule has 0 atom stereocenters. The monoisotopic (exact) mass is 428 g/mol. The minimum atomic E-state index is -0.350. The maximum Gasteiger partial charge on any atom is 0.234 e. The van der Waals surface area contributed by atoms with Gasteiger partial charge in [-0.3, -0.25) is 4.79 Å². The third-order valence-corrected chi connectivity index (χ3v) is 6.29. The van der Waals surface area contributed by atoms with Crippen molar-refractivity contribution in [2.45, 2.75) is 18.6 Å². The summed E-state index contributed by atoms with van der Waals surface area (Å²) in [7, 11) is 0. The Morgan fingerprint density at radius 1 is 1.28 bits per heavy atom. The van der Waals surface area contributed by atoms with Gasteiger partial charge in [-0.25, -0.2) is 9.37 Å². The van der Waals surface area contributed by atoms with Crippen LogP contribution in [0.2, 0.25) is 0 Å². The van der Waals surface area contributed by atoms with E-state index in [1.807, 2.05) is 23.6 Å². The third-order valence-electron chi connectivity index (χ3n) is 4.20. The van der Waals surface area contributed by atoms with Gasteiger partial charge in [0.2, 0.25) is 5.91 Å². The molecule has 4 aromatic rings. The van der Waals surface area contributed by atoms with Gasteiger partial charge in [-0.05, 0) is 43.3 Å². The number of hydrogen-bond acceptors (Lipinski definition) is 7. The highest BCUT2D eigenvalue weighted by molar-refractivity contribution is 7.99. The lowest BCUT2D eigenvalue weighted by Crippen LogP contribution is -2.14. The highest BCUT2D eigenvalue weighted by Crippen LogP contribution is 2.39. The van der Waals surface area contributed by atoms with E-state index in [4.69, 9.17) is 5.73 Å². The van der Waals surface area contributed by atoms with Crippen molar-refractivity contribution in [3.8, 4) is 10.7 Å². The fourth-order valence-corrected chi connectivity index (χ4v) is 4.69. The fourth-order valence-electron chi connectivity index (χ4n) is 2.83. The summed E-state index contributed by atoms with van der Waals surface area (Å²) in [6, 6.07) is 9.41. The molecule has 4 rings (SSSR count). The molecule has 0 saturated heterocycles. The van der Waals surface area contributed by atoms with Gasteiger partial charge < -0.3 is 15.6 Å². The first-order valence-corrected chi connectivity index (χ1v) is 10.6. The Hall–Kier alpha value is -2.98. The van der Waals surface area contributed by atoms with Gasteiger partial charge in [-0.2, -0.15) is 0 Å². The maximum atomic E-state index is 13.0. The standard InChI is InChI=1S/C19H17FN6OS2/c1-2-26-17(16-15(21)13-4-3-9-22-18(13)29-16)24-25-19(26)28-10-14(27)23-12-7-5-11(20)6-8-12/h3-9H,2,10,21H2,1H3,(H,23,27). The second kappa shape index (κ2) is 8.18. The van der Waals surface area contributed by atoms with E-state index in [0.29, 0.717) is 28.9 Å². The molecule has 0 unspecified atom stereocenters. The number of carbonyl (C=O) groups is 1. The topological polar surface area (TPSA) is 98.7 Å². The van der Waals surface area contributed by atoms with Crippen LogP contribution in [0.3, 0.4) is 0 Å². The number of fused-ring (bicyclic) bond motifs is 1. The van der Waals surface area contributed by atoms with E-state index in [2.05, 4.69) is 20.5 Å². The minimum Gasteiger partial charge on any atom is -0.397 e. The Balaban J connectivity index is 1.52. The predicted octanol–water partition coefficient (Wildman–Crippen LogP) is 4.03. The van der Waals surface area contributed by atoms with Crippen LogP contribution in [-0.4, -0.2) is 31.4 Å². The fraction of sp³-hybridized carbons (Fsp3) is 0.158. The van der Waals surface area contributed by atoms with Crippen LogP contribution in [0.15, 0.2) is 47.8 Å².